The molecule has 2 aliphatic heterocycles. The molecule has 4 heterocycles. The van der Waals surface area contributed by atoms with E-state index in [-0.39, 0.29) is 35.7 Å². The van der Waals surface area contributed by atoms with Crippen LogP contribution in [0.3, 0.4) is 0 Å². The number of hydrogen-bond acceptors (Lipinski definition) is 8. The minimum absolute atomic E-state index is 0.111. The number of benzene rings is 1. The predicted molar refractivity (Wildman–Crippen MR) is 192 cm³/mol. The van der Waals surface area contributed by atoms with Crippen molar-refractivity contribution in [3.8, 4) is 34.9 Å². The van der Waals surface area contributed by atoms with Crippen molar-refractivity contribution in [3.05, 3.63) is 59.6 Å². The first-order valence-corrected chi connectivity index (χ1v) is 17.5. The Balaban J connectivity index is 1.20. The standard InChI is InChI=1S/C38H46N8O6/c1-23(2)31(43-37(49)51-5)35(47)45-19-9-13-29(45)33-39-21-27(41-33)12-8-7-11-25-15-17-26(18-16-25)28-22-40-34(42-28)30-14-10-20-46(30)36(48)32(24(3)4)44-38(50)52-6/h15-18,21-24,29-32H,9-10,13-14,19-20H2,1-6H3,(H,39,41)(H,40,42)(H,43,49)(H,44,50)/t29-,30-,31+,32+/m0/s1. The molecule has 5 rings (SSSR count). The van der Waals surface area contributed by atoms with Gasteiger partial charge in [0.2, 0.25) is 11.8 Å². The van der Waals surface area contributed by atoms with Crippen molar-refractivity contribution in [2.45, 2.75) is 77.5 Å². The van der Waals surface area contributed by atoms with Crippen LogP contribution < -0.4 is 10.6 Å². The summed E-state index contributed by atoms with van der Waals surface area (Å²) < 4.78 is 9.44. The van der Waals surface area contributed by atoms with Gasteiger partial charge in [-0.2, -0.15) is 0 Å². The molecule has 52 heavy (non-hydrogen) atoms. The maximum atomic E-state index is 13.4. The number of alkyl carbamates (subject to hydrolysis) is 2. The van der Waals surface area contributed by atoms with E-state index in [1.807, 2.05) is 52.0 Å². The summed E-state index contributed by atoms with van der Waals surface area (Å²) in [4.78, 5) is 69.8. The summed E-state index contributed by atoms with van der Waals surface area (Å²) >= 11 is 0. The van der Waals surface area contributed by atoms with Crippen LogP contribution in [0.2, 0.25) is 0 Å². The second-order valence-corrected chi connectivity index (χ2v) is 13.5. The largest absolute Gasteiger partial charge is 0.453 e. The van der Waals surface area contributed by atoms with Crippen molar-refractivity contribution >= 4 is 24.0 Å². The van der Waals surface area contributed by atoms with Gasteiger partial charge < -0.3 is 39.9 Å². The molecule has 14 heteroatoms. The number of carbonyl (C=O) groups excluding carboxylic acids is 4. The van der Waals surface area contributed by atoms with E-state index in [2.05, 4.69) is 54.3 Å². The lowest BCUT2D eigenvalue weighted by Crippen LogP contribution is -2.51. The van der Waals surface area contributed by atoms with Gasteiger partial charge >= 0.3 is 12.2 Å². The fourth-order valence-electron chi connectivity index (χ4n) is 6.54. The highest BCUT2D eigenvalue weighted by molar-refractivity contribution is 5.87. The van der Waals surface area contributed by atoms with Crippen LogP contribution in [0.4, 0.5) is 9.59 Å². The minimum Gasteiger partial charge on any atom is -0.453 e. The average molecular weight is 711 g/mol. The Labute approximate surface area is 303 Å². The van der Waals surface area contributed by atoms with Crippen molar-refractivity contribution in [3.63, 3.8) is 0 Å². The third kappa shape index (κ3) is 8.75. The quantitative estimate of drug-likeness (QED) is 0.238. The molecule has 0 unspecified atom stereocenters. The highest BCUT2D eigenvalue weighted by Gasteiger charge is 2.38. The van der Waals surface area contributed by atoms with Crippen LogP contribution in [0.15, 0.2) is 36.7 Å². The molecule has 4 atom stereocenters. The lowest BCUT2D eigenvalue weighted by molar-refractivity contribution is -0.136. The Bertz CT molecular complexity index is 1880. The third-order valence-corrected chi connectivity index (χ3v) is 9.34. The molecule has 4 N–H and O–H groups in total. The highest BCUT2D eigenvalue weighted by Crippen LogP contribution is 2.33. The molecule has 2 saturated heterocycles. The van der Waals surface area contributed by atoms with Gasteiger partial charge in [-0.05, 0) is 73.0 Å². The highest BCUT2D eigenvalue weighted by atomic mass is 16.5. The predicted octanol–water partition coefficient (Wildman–Crippen LogP) is 4.29. The number of imidazole rings is 2. The Morgan fingerprint density at radius 3 is 1.77 bits per heavy atom. The van der Waals surface area contributed by atoms with Crippen LogP contribution >= 0.6 is 0 Å². The molecule has 0 saturated carbocycles. The number of amides is 4. The Morgan fingerprint density at radius 2 is 1.25 bits per heavy atom. The number of likely N-dealkylation sites (tertiary alicyclic amines) is 2. The van der Waals surface area contributed by atoms with Crippen LogP contribution in [0.25, 0.3) is 11.3 Å². The maximum Gasteiger partial charge on any atom is 0.407 e. The first-order chi connectivity index (χ1) is 25.0. The van der Waals surface area contributed by atoms with Crippen LogP contribution in [0.5, 0.6) is 0 Å². The van der Waals surface area contributed by atoms with Gasteiger partial charge in [0.1, 0.15) is 29.4 Å². The van der Waals surface area contributed by atoms with Gasteiger partial charge in [-0.15, -0.1) is 0 Å². The second kappa shape index (κ2) is 17.0. The van der Waals surface area contributed by atoms with Crippen LogP contribution in [0, 0.1) is 35.5 Å². The smallest absolute Gasteiger partial charge is 0.407 e. The molecule has 3 aromatic rings. The van der Waals surface area contributed by atoms with E-state index in [1.165, 1.54) is 14.2 Å². The Kier molecular flexibility index (Phi) is 12.2. The van der Waals surface area contributed by atoms with Crippen molar-refractivity contribution in [1.29, 1.82) is 0 Å². The van der Waals surface area contributed by atoms with E-state index in [1.54, 1.807) is 22.2 Å². The Morgan fingerprint density at radius 1 is 0.750 bits per heavy atom. The van der Waals surface area contributed by atoms with Gasteiger partial charge in [0.15, 0.2) is 0 Å². The molecule has 274 valence electrons. The first kappa shape index (κ1) is 37.5. The lowest BCUT2D eigenvalue weighted by atomic mass is 10.0. The first-order valence-electron chi connectivity index (χ1n) is 17.5. The number of nitrogens with zero attached hydrogens (tertiary/aromatic N) is 4. The van der Waals surface area contributed by atoms with E-state index < -0.39 is 24.3 Å². The Hall–Kier alpha value is -5.76. The number of aromatic amines is 2. The van der Waals surface area contributed by atoms with Crippen molar-refractivity contribution < 1.29 is 28.7 Å². The van der Waals surface area contributed by atoms with E-state index in [0.717, 1.165) is 42.5 Å². The fraction of sp³-hybridized carbons (Fsp3) is 0.474. The zero-order chi connectivity index (χ0) is 37.4. The SMILES string of the molecule is COC(=O)N[C@@H](C(=O)N1CCC[C@H]1c1ncc(C#CC#Cc2ccc(-c3cnc([C@@H]4CCCN4C(=O)[C@H](NC(=O)OC)C(C)C)[nH]3)cc2)[nH]1)C(C)C. The number of methoxy groups -OCH3 is 2. The topological polar surface area (TPSA) is 175 Å². The summed E-state index contributed by atoms with van der Waals surface area (Å²) in [5, 5.41) is 5.33. The number of carbonyl (C=O) groups is 4. The van der Waals surface area contributed by atoms with E-state index in [0.29, 0.717) is 30.4 Å². The summed E-state index contributed by atoms with van der Waals surface area (Å²) in [5.74, 6) is 12.6. The molecule has 0 aliphatic carbocycles. The second-order valence-electron chi connectivity index (χ2n) is 13.5. The summed E-state index contributed by atoms with van der Waals surface area (Å²) in [5.41, 5.74) is 3.11. The summed E-state index contributed by atoms with van der Waals surface area (Å²) in [6.45, 7) is 8.68. The van der Waals surface area contributed by atoms with Crippen molar-refractivity contribution in [1.82, 2.24) is 40.4 Å². The molecular formula is C38H46N8O6. The molecule has 2 aromatic heterocycles. The normalized spacial score (nSPS) is 17.8. The number of H-pyrrole nitrogens is 2. The van der Waals surface area contributed by atoms with Gasteiger partial charge in [0.25, 0.3) is 0 Å². The molecule has 0 bridgehead atoms. The zero-order valence-corrected chi connectivity index (χ0v) is 30.4. The monoisotopic (exact) mass is 710 g/mol. The lowest BCUT2D eigenvalue weighted by Gasteiger charge is -2.30. The molecular weight excluding hydrogens is 664 g/mol. The maximum absolute atomic E-state index is 13.4. The average Bonchev–Trinajstić information content (AvgIpc) is 3.97. The van der Waals surface area contributed by atoms with Crippen LogP contribution in [-0.2, 0) is 19.1 Å². The summed E-state index contributed by atoms with van der Waals surface area (Å²) in [6, 6.07) is 5.84. The molecule has 4 amide bonds. The van der Waals surface area contributed by atoms with E-state index in [4.69, 9.17) is 9.47 Å². The minimum atomic E-state index is -0.703. The number of nitrogens with one attached hydrogen (secondary N) is 4. The van der Waals surface area contributed by atoms with Gasteiger partial charge in [0, 0.05) is 18.7 Å². The number of ether oxygens (including phenoxy) is 2. The molecule has 14 nitrogen and oxygen atoms in total. The number of rotatable bonds is 9. The van der Waals surface area contributed by atoms with Gasteiger partial charge in [0.05, 0.1) is 44.4 Å². The molecule has 0 spiro atoms. The van der Waals surface area contributed by atoms with E-state index in [9.17, 15) is 19.2 Å². The van der Waals surface area contributed by atoms with Gasteiger partial charge in [-0.1, -0.05) is 45.7 Å². The van der Waals surface area contributed by atoms with Gasteiger partial charge in [-0.25, -0.2) is 19.6 Å². The van der Waals surface area contributed by atoms with Crippen LogP contribution in [0.1, 0.15) is 88.4 Å². The third-order valence-electron chi connectivity index (χ3n) is 9.34. The molecule has 1 aromatic carbocycles. The number of hydrogen-bond donors (Lipinski definition) is 4. The molecule has 0 radical (unpaired) electrons. The molecule has 2 fully saturated rings. The molecule has 2 aliphatic rings. The van der Waals surface area contributed by atoms with E-state index >= 15 is 0 Å². The summed E-state index contributed by atoms with van der Waals surface area (Å²) in [6.07, 6.45) is 5.30. The zero-order valence-electron chi connectivity index (χ0n) is 30.4. The van der Waals surface area contributed by atoms with Gasteiger partial charge in [-0.3, -0.25) is 9.59 Å². The van der Waals surface area contributed by atoms with Crippen LogP contribution in [-0.4, -0.2) is 93.1 Å². The number of aromatic nitrogens is 4. The van der Waals surface area contributed by atoms with Crippen molar-refractivity contribution in [2.24, 2.45) is 11.8 Å². The fourth-order valence-corrected chi connectivity index (χ4v) is 6.54. The summed E-state index contributed by atoms with van der Waals surface area (Å²) in [7, 11) is 2.55. The van der Waals surface area contributed by atoms with Crippen molar-refractivity contribution in [2.75, 3.05) is 27.3 Å².